The van der Waals surface area contributed by atoms with Crippen molar-refractivity contribution in [3.05, 3.63) is 29.6 Å². The second kappa shape index (κ2) is 2.83. The van der Waals surface area contributed by atoms with Crippen molar-refractivity contribution >= 4 is 11.0 Å². The third-order valence-electron chi connectivity index (χ3n) is 3.46. The van der Waals surface area contributed by atoms with Crippen LogP contribution in [0.1, 0.15) is 24.2 Å². The standard InChI is InChI=1S/C12H15N3/c1-8-14-10-3-2-9(6-11(10)15-8)12(7-13)4-5-12/h2-3,6H,4-5,7,13H2,1H3,(H,14,15). The first kappa shape index (κ1) is 8.92. The number of nitrogens with two attached hydrogens (primary N) is 1. The Morgan fingerprint density at radius 2 is 2.27 bits per heavy atom. The normalized spacial score (nSPS) is 18.3. The molecule has 2 aromatic rings. The number of aromatic nitrogens is 2. The second-order valence-electron chi connectivity index (χ2n) is 4.54. The zero-order valence-electron chi connectivity index (χ0n) is 8.88. The van der Waals surface area contributed by atoms with E-state index in [-0.39, 0.29) is 5.41 Å². The zero-order chi connectivity index (χ0) is 10.5. The lowest BCUT2D eigenvalue weighted by molar-refractivity contribution is 0.706. The Balaban J connectivity index is 2.13. The predicted octanol–water partition coefficient (Wildman–Crippen LogP) is 1.86. The molecule has 0 aliphatic heterocycles. The number of benzene rings is 1. The van der Waals surface area contributed by atoms with Crippen LogP contribution in [0.5, 0.6) is 0 Å². The number of nitrogens with one attached hydrogen (secondary N) is 1. The van der Waals surface area contributed by atoms with Gasteiger partial charge in [0.15, 0.2) is 0 Å². The molecule has 0 radical (unpaired) electrons. The summed E-state index contributed by atoms with van der Waals surface area (Å²) in [7, 11) is 0. The molecule has 1 fully saturated rings. The number of nitrogens with zero attached hydrogens (tertiary/aromatic N) is 1. The van der Waals surface area contributed by atoms with Crippen molar-refractivity contribution in [1.82, 2.24) is 9.97 Å². The fourth-order valence-corrected chi connectivity index (χ4v) is 2.23. The summed E-state index contributed by atoms with van der Waals surface area (Å²) in [5, 5.41) is 0. The summed E-state index contributed by atoms with van der Waals surface area (Å²) >= 11 is 0. The van der Waals surface area contributed by atoms with Gasteiger partial charge in [0.2, 0.25) is 0 Å². The quantitative estimate of drug-likeness (QED) is 0.779. The molecule has 1 aliphatic carbocycles. The van der Waals surface area contributed by atoms with Crippen LogP contribution in [0, 0.1) is 6.92 Å². The predicted molar refractivity (Wildman–Crippen MR) is 60.8 cm³/mol. The van der Waals surface area contributed by atoms with E-state index in [4.69, 9.17) is 5.73 Å². The average molecular weight is 201 g/mol. The van der Waals surface area contributed by atoms with Gasteiger partial charge in [-0.1, -0.05) is 6.07 Å². The van der Waals surface area contributed by atoms with Crippen molar-refractivity contribution in [3.63, 3.8) is 0 Å². The van der Waals surface area contributed by atoms with Crippen molar-refractivity contribution in [1.29, 1.82) is 0 Å². The molecule has 0 saturated heterocycles. The van der Waals surface area contributed by atoms with Gasteiger partial charge in [-0.3, -0.25) is 0 Å². The fraction of sp³-hybridized carbons (Fsp3) is 0.417. The number of fused-ring (bicyclic) bond motifs is 1. The molecule has 1 saturated carbocycles. The van der Waals surface area contributed by atoms with Gasteiger partial charge < -0.3 is 10.7 Å². The summed E-state index contributed by atoms with van der Waals surface area (Å²) in [6.45, 7) is 2.74. The first-order valence-electron chi connectivity index (χ1n) is 5.40. The van der Waals surface area contributed by atoms with Gasteiger partial charge in [0, 0.05) is 12.0 Å². The van der Waals surface area contributed by atoms with Gasteiger partial charge in [0.25, 0.3) is 0 Å². The van der Waals surface area contributed by atoms with Gasteiger partial charge in [-0.15, -0.1) is 0 Å². The summed E-state index contributed by atoms with van der Waals surface area (Å²) < 4.78 is 0. The number of hydrogen-bond donors (Lipinski definition) is 2. The van der Waals surface area contributed by atoms with E-state index in [9.17, 15) is 0 Å². The maximum absolute atomic E-state index is 5.82. The van der Waals surface area contributed by atoms with E-state index in [1.165, 1.54) is 18.4 Å². The van der Waals surface area contributed by atoms with Crippen LogP contribution in [0.4, 0.5) is 0 Å². The van der Waals surface area contributed by atoms with Gasteiger partial charge in [-0.05, 0) is 37.5 Å². The molecule has 3 heteroatoms. The molecule has 1 aromatic carbocycles. The lowest BCUT2D eigenvalue weighted by Gasteiger charge is -2.12. The summed E-state index contributed by atoms with van der Waals surface area (Å²) in [6, 6.07) is 6.46. The smallest absolute Gasteiger partial charge is 0.104 e. The molecule has 0 spiro atoms. The van der Waals surface area contributed by atoms with Crippen LogP contribution >= 0.6 is 0 Å². The van der Waals surface area contributed by atoms with Crippen LogP contribution in [0.25, 0.3) is 11.0 Å². The molecular weight excluding hydrogens is 186 g/mol. The largest absolute Gasteiger partial charge is 0.342 e. The van der Waals surface area contributed by atoms with Gasteiger partial charge >= 0.3 is 0 Å². The van der Waals surface area contributed by atoms with Crippen LogP contribution < -0.4 is 5.73 Å². The minimum atomic E-state index is 0.271. The Morgan fingerprint density at radius 1 is 1.47 bits per heavy atom. The highest BCUT2D eigenvalue weighted by molar-refractivity contribution is 5.76. The highest BCUT2D eigenvalue weighted by atomic mass is 14.9. The van der Waals surface area contributed by atoms with Crippen LogP contribution in [-0.4, -0.2) is 16.5 Å². The maximum atomic E-state index is 5.82. The lowest BCUT2D eigenvalue weighted by atomic mass is 9.96. The number of aromatic amines is 1. The molecule has 0 bridgehead atoms. The Kier molecular flexibility index (Phi) is 1.68. The lowest BCUT2D eigenvalue weighted by Crippen LogP contribution is -2.19. The van der Waals surface area contributed by atoms with Crippen LogP contribution in [0.2, 0.25) is 0 Å². The van der Waals surface area contributed by atoms with Crippen molar-refractivity contribution in [2.75, 3.05) is 6.54 Å². The Labute approximate surface area is 88.7 Å². The Morgan fingerprint density at radius 3 is 2.93 bits per heavy atom. The third-order valence-corrected chi connectivity index (χ3v) is 3.46. The van der Waals surface area contributed by atoms with E-state index >= 15 is 0 Å². The maximum Gasteiger partial charge on any atom is 0.104 e. The Hall–Kier alpha value is -1.35. The average Bonchev–Trinajstić information content (AvgIpc) is 2.94. The number of rotatable bonds is 2. The van der Waals surface area contributed by atoms with Gasteiger partial charge in [-0.2, -0.15) is 0 Å². The summed E-state index contributed by atoms with van der Waals surface area (Å²) in [4.78, 5) is 7.67. The first-order valence-corrected chi connectivity index (χ1v) is 5.40. The highest BCUT2D eigenvalue weighted by Crippen LogP contribution is 2.47. The van der Waals surface area contributed by atoms with E-state index in [1.807, 2.05) is 6.92 Å². The SMILES string of the molecule is Cc1nc2ccc(C3(CN)CC3)cc2[nH]1. The molecular formula is C12H15N3. The topological polar surface area (TPSA) is 54.7 Å². The number of H-pyrrole nitrogens is 1. The van der Waals surface area contributed by atoms with Crippen molar-refractivity contribution in [2.45, 2.75) is 25.2 Å². The van der Waals surface area contributed by atoms with E-state index in [0.717, 1.165) is 23.4 Å². The zero-order valence-corrected chi connectivity index (χ0v) is 8.88. The molecule has 0 unspecified atom stereocenters. The molecule has 0 amide bonds. The highest BCUT2D eigenvalue weighted by Gasteiger charge is 2.42. The third kappa shape index (κ3) is 1.27. The molecule has 15 heavy (non-hydrogen) atoms. The van der Waals surface area contributed by atoms with Crippen molar-refractivity contribution in [2.24, 2.45) is 5.73 Å². The van der Waals surface area contributed by atoms with E-state index in [1.54, 1.807) is 0 Å². The van der Waals surface area contributed by atoms with Crippen LogP contribution in [0.15, 0.2) is 18.2 Å². The van der Waals surface area contributed by atoms with E-state index in [0.29, 0.717) is 0 Å². The second-order valence-corrected chi connectivity index (χ2v) is 4.54. The monoisotopic (exact) mass is 201 g/mol. The number of hydrogen-bond acceptors (Lipinski definition) is 2. The Bertz CT molecular complexity index is 509. The molecule has 1 heterocycles. The minimum Gasteiger partial charge on any atom is -0.342 e. The molecule has 0 atom stereocenters. The molecule has 3 N–H and O–H groups in total. The van der Waals surface area contributed by atoms with E-state index < -0.39 is 0 Å². The molecule has 3 nitrogen and oxygen atoms in total. The summed E-state index contributed by atoms with van der Waals surface area (Å²) in [5.74, 6) is 0.972. The minimum absolute atomic E-state index is 0.271. The van der Waals surface area contributed by atoms with E-state index in [2.05, 4.69) is 28.2 Å². The molecule has 1 aromatic heterocycles. The molecule has 1 aliphatic rings. The van der Waals surface area contributed by atoms with Crippen molar-refractivity contribution in [3.8, 4) is 0 Å². The molecule has 78 valence electrons. The van der Waals surface area contributed by atoms with Gasteiger partial charge in [0.05, 0.1) is 11.0 Å². The van der Waals surface area contributed by atoms with Crippen molar-refractivity contribution < 1.29 is 0 Å². The van der Waals surface area contributed by atoms with Crippen LogP contribution in [0.3, 0.4) is 0 Å². The molecule has 3 rings (SSSR count). The summed E-state index contributed by atoms with van der Waals surface area (Å²) in [5.41, 5.74) is 9.63. The summed E-state index contributed by atoms with van der Waals surface area (Å²) in [6.07, 6.45) is 2.45. The first-order chi connectivity index (χ1) is 7.23. The van der Waals surface area contributed by atoms with Gasteiger partial charge in [-0.25, -0.2) is 4.98 Å². The number of imidazole rings is 1. The van der Waals surface area contributed by atoms with Gasteiger partial charge in [0.1, 0.15) is 5.82 Å². The fourth-order valence-electron chi connectivity index (χ4n) is 2.23. The van der Waals surface area contributed by atoms with Crippen LogP contribution in [-0.2, 0) is 5.41 Å². The number of aryl methyl sites for hydroxylation is 1.